The van der Waals surface area contributed by atoms with Crippen molar-refractivity contribution in [1.82, 2.24) is 9.80 Å². The molecule has 0 bridgehead atoms. The number of rotatable bonds is 6. The Morgan fingerprint density at radius 1 is 1.50 bits per heavy atom. The molecular formula is C17H28N2O3. The van der Waals surface area contributed by atoms with Crippen LogP contribution in [0.3, 0.4) is 0 Å². The smallest absolute Gasteiger partial charge is 0.236 e. The zero-order valence-corrected chi connectivity index (χ0v) is 13.9. The van der Waals surface area contributed by atoms with E-state index >= 15 is 0 Å². The van der Waals surface area contributed by atoms with Crippen LogP contribution in [-0.2, 0) is 11.3 Å². The fraction of sp³-hybridized carbons (Fsp3) is 0.706. The number of carbonyl (C=O) groups excluding carboxylic acids is 1. The number of carbonyl (C=O) groups is 1. The first-order chi connectivity index (χ1) is 10.5. The van der Waals surface area contributed by atoms with Crippen molar-refractivity contribution in [1.29, 1.82) is 0 Å². The normalized spacial score (nSPS) is 20.8. The summed E-state index contributed by atoms with van der Waals surface area (Å²) in [6, 6.07) is 3.93. The molecule has 5 nitrogen and oxygen atoms in total. The fourth-order valence-electron chi connectivity index (χ4n) is 3.11. The molecule has 2 rings (SSSR count). The minimum Gasteiger partial charge on any atom is -0.464 e. The Kier molecular flexibility index (Phi) is 6.03. The van der Waals surface area contributed by atoms with Crippen LogP contribution in [-0.4, -0.2) is 53.1 Å². The van der Waals surface area contributed by atoms with Crippen LogP contribution in [0.5, 0.6) is 0 Å². The van der Waals surface area contributed by atoms with Crippen molar-refractivity contribution >= 4 is 5.91 Å². The molecule has 0 saturated carbocycles. The largest absolute Gasteiger partial charge is 0.464 e. The maximum Gasteiger partial charge on any atom is 0.236 e. The zero-order valence-electron chi connectivity index (χ0n) is 13.9. The molecule has 124 valence electrons. The van der Waals surface area contributed by atoms with Crippen molar-refractivity contribution in [3.63, 3.8) is 0 Å². The van der Waals surface area contributed by atoms with Gasteiger partial charge in [-0.25, -0.2) is 0 Å². The number of likely N-dealkylation sites (tertiary alicyclic amines) is 1. The Morgan fingerprint density at radius 3 is 2.91 bits per heavy atom. The summed E-state index contributed by atoms with van der Waals surface area (Å²) in [4.78, 5) is 16.3. The molecule has 0 aromatic carbocycles. The summed E-state index contributed by atoms with van der Waals surface area (Å²) in [5.41, 5.74) is 0. The molecule has 1 aliphatic heterocycles. The summed E-state index contributed by atoms with van der Waals surface area (Å²) in [5.74, 6) is 1.74. The maximum atomic E-state index is 12.4. The van der Waals surface area contributed by atoms with Gasteiger partial charge in [-0.05, 0) is 44.9 Å². The highest BCUT2D eigenvalue weighted by Gasteiger charge is 2.29. The van der Waals surface area contributed by atoms with Gasteiger partial charge in [-0.15, -0.1) is 0 Å². The standard InChI is InChI=1S/C17H28N2O3/c1-4-16(20)15-7-5-6-10-19(15)12-17(21)18(3)11-14-9-8-13(2)22-14/h8-9,15-16,20H,4-7,10-12H2,1-3H3. The lowest BCUT2D eigenvalue weighted by atomic mass is 9.96. The predicted octanol–water partition coefficient (Wildman–Crippen LogP) is 2.17. The van der Waals surface area contributed by atoms with E-state index in [0.29, 0.717) is 13.1 Å². The van der Waals surface area contributed by atoms with E-state index in [1.807, 2.05) is 26.0 Å². The van der Waals surface area contributed by atoms with Gasteiger partial charge in [0.25, 0.3) is 0 Å². The predicted molar refractivity (Wildman–Crippen MR) is 85.4 cm³/mol. The Bertz CT molecular complexity index is 486. The molecule has 0 radical (unpaired) electrons. The molecule has 2 unspecified atom stereocenters. The number of aliphatic hydroxyl groups is 1. The third kappa shape index (κ3) is 4.34. The Labute approximate surface area is 132 Å². The average molecular weight is 308 g/mol. The molecular weight excluding hydrogens is 280 g/mol. The Balaban J connectivity index is 1.91. The van der Waals surface area contributed by atoms with Crippen molar-refractivity contribution in [2.24, 2.45) is 0 Å². The number of aliphatic hydroxyl groups excluding tert-OH is 1. The van der Waals surface area contributed by atoms with Crippen LogP contribution >= 0.6 is 0 Å². The highest BCUT2D eigenvalue weighted by molar-refractivity contribution is 5.78. The van der Waals surface area contributed by atoms with Crippen LogP contribution in [0, 0.1) is 6.92 Å². The second-order valence-corrected chi connectivity index (χ2v) is 6.27. The minimum atomic E-state index is -0.342. The highest BCUT2D eigenvalue weighted by Crippen LogP contribution is 2.21. The van der Waals surface area contributed by atoms with Gasteiger partial charge in [0.05, 0.1) is 19.2 Å². The number of hydrogen-bond acceptors (Lipinski definition) is 4. The molecule has 1 N–H and O–H groups in total. The first-order valence-corrected chi connectivity index (χ1v) is 8.22. The fourth-order valence-corrected chi connectivity index (χ4v) is 3.11. The molecule has 1 fully saturated rings. The van der Waals surface area contributed by atoms with Gasteiger partial charge >= 0.3 is 0 Å². The first kappa shape index (κ1) is 17.0. The summed E-state index contributed by atoms with van der Waals surface area (Å²) in [7, 11) is 1.80. The molecule has 5 heteroatoms. The molecule has 1 aromatic rings. The lowest BCUT2D eigenvalue weighted by Crippen LogP contribution is -2.50. The molecule has 2 atom stereocenters. The van der Waals surface area contributed by atoms with E-state index < -0.39 is 0 Å². The van der Waals surface area contributed by atoms with Crippen LogP contribution in [0.4, 0.5) is 0 Å². The van der Waals surface area contributed by atoms with Gasteiger partial charge in [-0.2, -0.15) is 0 Å². The van der Waals surface area contributed by atoms with Crippen LogP contribution in [0.15, 0.2) is 16.5 Å². The molecule has 0 spiro atoms. The third-order valence-electron chi connectivity index (χ3n) is 4.48. The third-order valence-corrected chi connectivity index (χ3v) is 4.48. The van der Waals surface area contributed by atoms with Gasteiger partial charge in [0.15, 0.2) is 0 Å². The van der Waals surface area contributed by atoms with E-state index in [4.69, 9.17) is 4.42 Å². The zero-order chi connectivity index (χ0) is 16.1. The van der Waals surface area contributed by atoms with Crippen molar-refractivity contribution in [2.75, 3.05) is 20.1 Å². The summed E-state index contributed by atoms with van der Waals surface area (Å²) >= 11 is 0. The number of furan rings is 1. The van der Waals surface area contributed by atoms with Crippen molar-refractivity contribution in [3.05, 3.63) is 23.7 Å². The summed E-state index contributed by atoms with van der Waals surface area (Å²) in [6.07, 6.45) is 3.60. The Morgan fingerprint density at radius 2 is 2.27 bits per heavy atom. The van der Waals surface area contributed by atoms with Crippen LogP contribution in [0.25, 0.3) is 0 Å². The molecule has 1 amide bonds. The molecule has 0 aliphatic carbocycles. The molecule has 1 aliphatic rings. The van der Waals surface area contributed by atoms with Gasteiger partial charge in [0, 0.05) is 13.1 Å². The topological polar surface area (TPSA) is 56.9 Å². The second-order valence-electron chi connectivity index (χ2n) is 6.27. The first-order valence-electron chi connectivity index (χ1n) is 8.22. The average Bonchev–Trinajstić information content (AvgIpc) is 2.92. The maximum absolute atomic E-state index is 12.4. The second kappa shape index (κ2) is 7.79. The van der Waals surface area contributed by atoms with E-state index in [1.54, 1.807) is 11.9 Å². The number of amides is 1. The van der Waals surface area contributed by atoms with E-state index in [-0.39, 0.29) is 18.1 Å². The quantitative estimate of drug-likeness (QED) is 0.875. The minimum absolute atomic E-state index is 0.0734. The van der Waals surface area contributed by atoms with E-state index in [1.165, 1.54) is 0 Å². The van der Waals surface area contributed by atoms with Crippen molar-refractivity contribution < 1.29 is 14.3 Å². The molecule has 2 heterocycles. The van der Waals surface area contributed by atoms with Gasteiger partial charge in [0.2, 0.25) is 5.91 Å². The van der Waals surface area contributed by atoms with E-state index in [2.05, 4.69) is 4.90 Å². The van der Waals surface area contributed by atoms with Crippen LogP contribution in [0.2, 0.25) is 0 Å². The number of likely N-dealkylation sites (N-methyl/N-ethyl adjacent to an activating group) is 1. The lowest BCUT2D eigenvalue weighted by Gasteiger charge is -2.38. The van der Waals surface area contributed by atoms with Crippen molar-refractivity contribution in [3.8, 4) is 0 Å². The highest BCUT2D eigenvalue weighted by atomic mass is 16.3. The number of nitrogens with zero attached hydrogens (tertiary/aromatic N) is 2. The lowest BCUT2D eigenvalue weighted by molar-refractivity contribution is -0.133. The number of aryl methyl sites for hydroxylation is 1. The van der Waals surface area contributed by atoms with Crippen LogP contribution < -0.4 is 0 Å². The van der Waals surface area contributed by atoms with E-state index in [0.717, 1.165) is 43.7 Å². The summed E-state index contributed by atoms with van der Waals surface area (Å²) < 4.78 is 5.52. The summed E-state index contributed by atoms with van der Waals surface area (Å²) in [6.45, 7) is 5.64. The number of hydrogen-bond donors (Lipinski definition) is 1. The van der Waals surface area contributed by atoms with Gasteiger partial charge in [-0.3, -0.25) is 9.69 Å². The number of piperidine rings is 1. The summed E-state index contributed by atoms with van der Waals surface area (Å²) in [5, 5.41) is 10.2. The Hall–Kier alpha value is -1.33. The van der Waals surface area contributed by atoms with Gasteiger partial charge in [-0.1, -0.05) is 13.3 Å². The van der Waals surface area contributed by atoms with Crippen molar-refractivity contribution in [2.45, 2.75) is 58.2 Å². The van der Waals surface area contributed by atoms with Crippen LogP contribution in [0.1, 0.15) is 44.1 Å². The van der Waals surface area contributed by atoms with Gasteiger partial charge in [0.1, 0.15) is 11.5 Å². The molecule has 1 saturated heterocycles. The SMILES string of the molecule is CCC(O)C1CCCCN1CC(=O)N(C)Cc1ccc(C)o1. The molecule has 1 aromatic heterocycles. The van der Waals surface area contributed by atoms with E-state index in [9.17, 15) is 9.90 Å². The monoisotopic (exact) mass is 308 g/mol. The van der Waals surface area contributed by atoms with Gasteiger partial charge < -0.3 is 14.4 Å². The molecule has 22 heavy (non-hydrogen) atoms.